The summed E-state index contributed by atoms with van der Waals surface area (Å²) >= 11 is 0. The summed E-state index contributed by atoms with van der Waals surface area (Å²) in [5, 5.41) is 20.5. The molecule has 3 aliphatic rings. The van der Waals surface area contributed by atoms with Gasteiger partial charge in [-0.2, -0.15) is 0 Å². The SMILES string of the molecule is CCC1CN(CCOc2ccc(C3Oc4ccc(O)cc4C(C4CC4)=C3c3cccc(O)c3)cc2)C1. The number of aromatic hydroxyl groups is 2. The van der Waals surface area contributed by atoms with Gasteiger partial charge in [-0.1, -0.05) is 37.6 Å². The molecule has 1 saturated carbocycles. The Kier molecular flexibility index (Phi) is 6.10. The number of hydrogen-bond acceptors (Lipinski definition) is 5. The van der Waals surface area contributed by atoms with E-state index in [1.807, 2.05) is 30.3 Å². The van der Waals surface area contributed by atoms with Crippen LogP contribution in [0.15, 0.2) is 66.7 Å². The van der Waals surface area contributed by atoms with Crippen LogP contribution in [0.1, 0.15) is 49.0 Å². The molecule has 5 heteroatoms. The summed E-state index contributed by atoms with van der Waals surface area (Å²) in [6, 6.07) is 20.9. The first-order valence-electron chi connectivity index (χ1n) is 13.1. The molecule has 1 atom stereocenters. The number of phenols is 2. The molecule has 1 unspecified atom stereocenters. The van der Waals surface area contributed by atoms with Crippen molar-refractivity contribution in [2.75, 3.05) is 26.2 Å². The zero-order valence-electron chi connectivity index (χ0n) is 20.7. The molecule has 1 saturated heterocycles. The highest BCUT2D eigenvalue weighted by molar-refractivity contribution is 5.98. The average molecular weight is 484 g/mol. The van der Waals surface area contributed by atoms with Gasteiger partial charge in [0.25, 0.3) is 0 Å². The van der Waals surface area contributed by atoms with E-state index in [0.29, 0.717) is 12.5 Å². The van der Waals surface area contributed by atoms with Crippen molar-refractivity contribution < 1.29 is 19.7 Å². The van der Waals surface area contributed by atoms with Crippen LogP contribution < -0.4 is 9.47 Å². The van der Waals surface area contributed by atoms with Gasteiger partial charge in [-0.05, 0) is 83.8 Å². The van der Waals surface area contributed by atoms with Gasteiger partial charge in [0.2, 0.25) is 0 Å². The summed E-state index contributed by atoms with van der Waals surface area (Å²) in [7, 11) is 0. The van der Waals surface area contributed by atoms with Crippen molar-refractivity contribution in [2.45, 2.75) is 32.3 Å². The third-order valence-corrected chi connectivity index (χ3v) is 7.66. The Labute approximate surface area is 212 Å². The van der Waals surface area contributed by atoms with Crippen LogP contribution >= 0.6 is 0 Å². The Morgan fingerprint density at radius 2 is 1.69 bits per heavy atom. The van der Waals surface area contributed by atoms with Crippen LogP contribution in [0.25, 0.3) is 11.1 Å². The lowest BCUT2D eigenvalue weighted by Crippen LogP contribution is -2.47. The highest BCUT2D eigenvalue weighted by atomic mass is 16.5. The monoisotopic (exact) mass is 483 g/mol. The van der Waals surface area contributed by atoms with Crippen LogP contribution in [0.3, 0.4) is 0 Å². The van der Waals surface area contributed by atoms with E-state index in [1.54, 1.807) is 24.3 Å². The van der Waals surface area contributed by atoms with Crippen molar-refractivity contribution in [3.8, 4) is 23.0 Å². The van der Waals surface area contributed by atoms with E-state index in [-0.39, 0.29) is 17.6 Å². The van der Waals surface area contributed by atoms with Crippen LogP contribution in [0.2, 0.25) is 0 Å². The Morgan fingerprint density at radius 1 is 0.917 bits per heavy atom. The minimum atomic E-state index is -0.319. The maximum Gasteiger partial charge on any atom is 0.150 e. The molecule has 3 aromatic rings. The van der Waals surface area contributed by atoms with Gasteiger partial charge in [-0.25, -0.2) is 0 Å². The molecule has 5 nitrogen and oxygen atoms in total. The molecule has 0 radical (unpaired) electrons. The maximum absolute atomic E-state index is 10.3. The van der Waals surface area contributed by atoms with Crippen molar-refractivity contribution in [2.24, 2.45) is 11.8 Å². The lowest BCUT2D eigenvalue weighted by Gasteiger charge is -2.38. The fourth-order valence-corrected chi connectivity index (χ4v) is 5.48. The third kappa shape index (κ3) is 4.56. The number of hydrogen-bond donors (Lipinski definition) is 2. The van der Waals surface area contributed by atoms with Gasteiger partial charge in [-0.3, -0.25) is 4.90 Å². The van der Waals surface area contributed by atoms with Gasteiger partial charge in [0.15, 0.2) is 0 Å². The summed E-state index contributed by atoms with van der Waals surface area (Å²) in [6.45, 7) is 6.28. The zero-order chi connectivity index (χ0) is 24.6. The van der Waals surface area contributed by atoms with E-state index in [1.165, 1.54) is 25.1 Å². The predicted octanol–water partition coefficient (Wildman–Crippen LogP) is 6.27. The summed E-state index contributed by atoms with van der Waals surface area (Å²) in [4.78, 5) is 2.44. The van der Waals surface area contributed by atoms with Gasteiger partial charge in [0, 0.05) is 30.8 Å². The normalized spacial score (nSPS) is 20.0. The lowest BCUT2D eigenvalue weighted by molar-refractivity contribution is 0.0806. The summed E-state index contributed by atoms with van der Waals surface area (Å²) in [6.07, 6.45) is 3.17. The van der Waals surface area contributed by atoms with E-state index in [9.17, 15) is 10.2 Å². The summed E-state index contributed by atoms with van der Waals surface area (Å²) in [5.74, 6) is 3.37. The highest BCUT2D eigenvalue weighted by Crippen LogP contribution is 2.55. The second-order valence-corrected chi connectivity index (χ2v) is 10.3. The summed E-state index contributed by atoms with van der Waals surface area (Å²) in [5.41, 5.74) is 5.19. The standard InChI is InChI=1S/C31H33NO4/c1-2-20-18-32(19-20)14-15-35-26-11-8-22(9-12-26)31-30(23-4-3-5-24(33)16-23)29(21-6-7-21)27-17-25(34)10-13-28(27)36-31/h3-5,8-13,16-17,20-21,31,33-34H,2,6-7,14-15,18-19H2,1H3. The molecule has 2 aliphatic heterocycles. The molecule has 2 N–H and O–H groups in total. The van der Waals surface area contributed by atoms with Gasteiger partial charge in [0.05, 0.1) is 0 Å². The topological polar surface area (TPSA) is 62.2 Å². The molecule has 1 aliphatic carbocycles. The molecule has 36 heavy (non-hydrogen) atoms. The first kappa shape index (κ1) is 23.0. The van der Waals surface area contributed by atoms with Gasteiger partial charge >= 0.3 is 0 Å². The molecule has 3 aromatic carbocycles. The highest BCUT2D eigenvalue weighted by Gasteiger charge is 2.38. The Morgan fingerprint density at radius 3 is 2.42 bits per heavy atom. The van der Waals surface area contributed by atoms with E-state index in [0.717, 1.165) is 59.1 Å². The number of nitrogens with zero attached hydrogens (tertiary/aromatic N) is 1. The second-order valence-electron chi connectivity index (χ2n) is 10.3. The second kappa shape index (κ2) is 9.55. The molecule has 0 aromatic heterocycles. The van der Waals surface area contributed by atoms with Crippen molar-refractivity contribution in [1.82, 2.24) is 4.90 Å². The third-order valence-electron chi connectivity index (χ3n) is 7.66. The van der Waals surface area contributed by atoms with Crippen LogP contribution in [-0.4, -0.2) is 41.4 Å². The molecular weight excluding hydrogens is 450 g/mol. The molecule has 0 amide bonds. The van der Waals surface area contributed by atoms with Crippen molar-refractivity contribution in [1.29, 1.82) is 0 Å². The number of fused-ring (bicyclic) bond motifs is 1. The smallest absolute Gasteiger partial charge is 0.150 e. The molecule has 186 valence electrons. The average Bonchev–Trinajstić information content (AvgIpc) is 3.70. The number of phenolic OH excluding ortho intramolecular Hbond substituents is 2. The molecule has 2 heterocycles. The van der Waals surface area contributed by atoms with E-state index in [2.05, 4.69) is 24.0 Å². The molecular formula is C31H33NO4. The van der Waals surface area contributed by atoms with Crippen LogP contribution in [-0.2, 0) is 0 Å². The van der Waals surface area contributed by atoms with Gasteiger partial charge in [-0.15, -0.1) is 0 Å². The fraction of sp³-hybridized carbons (Fsp3) is 0.355. The molecule has 0 spiro atoms. The fourth-order valence-electron chi connectivity index (χ4n) is 5.48. The van der Waals surface area contributed by atoms with E-state index < -0.39 is 0 Å². The van der Waals surface area contributed by atoms with Gasteiger partial charge < -0.3 is 19.7 Å². The van der Waals surface area contributed by atoms with Crippen LogP contribution in [0.5, 0.6) is 23.0 Å². The molecule has 6 rings (SSSR count). The van der Waals surface area contributed by atoms with E-state index in [4.69, 9.17) is 9.47 Å². The maximum atomic E-state index is 10.3. The quantitative estimate of drug-likeness (QED) is 0.395. The Bertz CT molecular complexity index is 1270. The van der Waals surface area contributed by atoms with Crippen LogP contribution in [0.4, 0.5) is 0 Å². The first-order valence-corrected chi connectivity index (χ1v) is 13.1. The summed E-state index contributed by atoms with van der Waals surface area (Å²) < 4.78 is 12.6. The van der Waals surface area contributed by atoms with Crippen molar-refractivity contribution in [3.05, 3.63) is 83.4 Å². The lowest BCUT2D eigenvalue weighted by atomic mass is 9.83. The van der Waals surface area contributed by atoms with Gasteiger partial charge in [0.1, 0.15) is 35.7 Å². The number of likely N-dealkylation sites (tertiary alicyclic amines) is 1. The number of allylic oxidation sites excluding steroid dienone is 1. The number of rotatable bonds is 8. The number of benzene rings is 3. The largest absolute Gasteiger partial charge is 0.508 e. The molecule has 2 fully saturated rings. The van der Waals surface area contributed by atoms with Crippen molar-refractivity contribution in [3.63, 3.8) is 0 Å². The van der Waals surface area contributed by atoms with E-state index >= 15 is 0 Å². The number of ether oxygens (including phenoxy) is 2. The Hall–Kier alpha value is -3.44. The zero-order valence-corrected chi connectivity index (χ0v) is 20.7. The predicted molar refractivity (Wildman–Crippen MR) is 141 cm³/mol. The Balaban J connectivity index is 1.29. The first-order chi connectivity index (χ1) is 17.6. The molecule has 0 bridgehead atoms. The minimum absolute atomic E-state index is 0.229. The van der Waals surface area contributed by atoms with Crippen LogP contribution in [0, 0.1) is 11.8 Å². The minimum Gasteiger partial charge on any atom is -0.508 e. The van der Waals surface area contributed by atoms with Crippen molar-refractivity contribution >= 4 is 11.1 Å².